The van der Waals surface area contributed by atoms with Crippen molar-refractivity contribution in [2.45, 2.75) is 4.90 Å². The van der Waals surface area contributed by atoms with Gasteiger partial charge in [-0.05, 0) is 36.4 Å². The van der Waals surface area contributed by atoms with Crippen molar-refractivity contribution in [3.8, 4) is 11.9 Å². The molecule has 2 aromatic carbocycles. The summed E-state index contributed by atoms with van der Waals surface area (Å²) in [4.78, 5) is 23.7. The van der Waals surface area contributed by atoms with Gasteiger partial charge in [0, 0.05) is 18.0 Å². The Kier molecular flexibility index (Phi) is 6.41. The number of hydrogen-bond acceptors (Lipinski definition) is 10. The Morgan fingerprint density at radius 3 is 2.44 bits per heavy atom. The Labute approximate surface area is 194 Å². The minimum Gasteiger partial charge on any atom is -0.481 e. The van der Waals surface area contributed by atoms with Crippen LogP contribution in [0.25, 0.3) is 16.7 Å². The molecule has 12 heteroatoms. The van der Waals surface area contributed by atoms with Crippen molar-refractivity contribution in [2.75, 3.05) is 24.3 Å². The third-order valence-corrected chi connectivity index (χ3v) is 5.91. The minimum atomic E-state index is -3.95. The van der Waals surface area contributed by atoms with E-state index in [4.69, 9.17) is 13.9 Å². The molecule has 0 saturated carbocycles. The predicted octanol–water partition coefficient (Wildman–Crippen LogP) is 3.09. The van der Waals surface area contributed by atoms with Gasteiger partial charge in [-0.3, -0.25) is 9.52 Å². The number of fused-ring (bicyclic) bond motifs is 1. The quantitative estimate of drug-likeness (QED) is 0.270. The molecule has 2 N–H and O–H groups in total. The number of para-hydroxylation sites is 2. The molecule has 2 heterocycles. The Balaban J connectivity index is 1.50. The zero-order valence-corrected chi connectivity index (χ0v) is 18.9. The molecule has 0 aliphatic carbocycles. The zero-order valence-electron chi connectivity index (χ0n) is 18.1. The summed E-state index contributed by atoms with van der Waals surface area (Å²) in [6.07, 6.45) is 2.05. The fourth-order valence-electron chi connectivity index (χ4n) is 2.88. The number of aldehydes is 1. The Morgan fingerprint density at radius 1 is 1.00 bits per heavy atom. The van der Waals surface area contributed by atoms with Gasteiger partial charge in [0.15, 0.2) is 17.7 Å². The maximum atomic E-state index is 12.7. The summed E-state index contributed by atoms with van der Waals surface area (Å²) in [6.45, 7) is 0. The second-order valence-corrected chi connectivity index (χ2v) is 8.44. The lowest BCUT2D eigenvalue weighted by molar-refractivity contribution is -0.103. The van der Waals surface area contributed by atoms with Gasteiger partial charge in [0.25, 0.3) is 10.0 Å². The van der Waals surface area contributed by atoms with Gasteiger partial charge in [0.05, 0.1) is 24.7 Å². The first-order valence-corrected chi connectivity index (χ1v) is 11.3. The summed E-state index contributed by atoms with van der Waals surface area (Å²) in [5.74, 6) is 0.298. The average Bonchev–Trinajstić information content (AvgIpc) is 3.28. The van der Waals surface area contributed by atoms with Gasteiger partial charge in [-0.2, -0.15) is 9.97 Å². The van der Waals surface area contributed by atoms with Crippen molar-refractivity contribution in [1.29, 1.82) is 0 Å². The highest BCUT2D eigenvalue weighted by Crippen LogP contribution is 2.23. The van der Waals surface area contributed by atoms with E-state index >= 15 is 0 Å². The van der Waals surface area contributed by atoms with Gasteiger partial charge >= 0.3 is 6.01 Å². The molecule has 4 rings (SSSR count). The van der Waals surface area contributed by atoms with Crippen LogP contribution < -0.4 is 19.5 Å². The second-order valence-electron chi connectivity index (χ2n) is 6.76. The van der Waals surface area contributed by atoms with Crippen molar-refractivity contribution in [3.05, 3.63) is 66.7 Å². The molecule has 11 nitrogen and oxygen atoms in total. The SMILES string of the molecule is COc1cc(NS(=O)(=O)c2ccc(N/C=C(/C=O)c3nc4ccccc4o3)cc2)nc(OC)n1. The summed E-state index contributed by atoms with van der Waals surface area (Å²) in [7, 11) is -1.21. The van der Waals surface area contributed by atoms with Crippen LogP contribution in [0.2, 0.25) is 0 Å². The molecule has 2 aromatic heterocycles. The molecule has 0 saturated heterocycles. The summed E-state index contributed by atoms with van der Waals surface area (Å²) < 4.78 is 43.4. The highest BCUT2D eigenvalue weighted by atomic mass is 32.2. The molecule has 0 bridgehead atoms. The predicted molar refractivity (Wildman–Crippen MR) is 124 cm³/mol. The molecule has 0 atom stereocenters. The van der Waals surface area contributed by atoms with Crippen molar-refractivity contribution in [3.63, 3.8) is 0 Å². The number of rotatable bonds is 9. The van der Waals surface area contributed by atoms with Gasteiger partial charge in [-0.15, -0.1) is 0 Å². The topological polar surface area (TPSA) is 146 Å². The van der Waals surface area contributed by atoms with E-state index in [-0.39, 0.29) is 34.1 Å². The first kappa shape index (κ1) is 22.7. The van der Waals surface area contributed by atoms with Crippen LogP contribution in [0.1, 0.15) is 5.89 Å². The maximum absolute atomic E-state index is 12.7. The van der Waals surface area contributed by atoms with Crippen LogP contribution in [0.15, 0.2) is 70.1 Å². The normalized spacial score (nSPS) is 11.8. The van der Waals surface area contributed by atoms with Crippen LogP contribution in [0.4, 0.5) is 11.5 Å². The number of methoxy groups -OCH3 is 2. The third-order valence-electron chi connectivity index (χ3n) is 4.54. The fraction of sp³-hybridized carbons (Fsp3) is 0.0909. The van der Waals surface area contributed by atoms with Crippen molar-refractivity contribution >= 4 is 44.5 Å². The third kappa shape index (κ3) is 4.96. The Bertz CT molecular complexity index is 1410. The lowest BCUT2D eigenvalue weighted by Crippen LogP contribution is -2.14. The maximum Gasteiger partial charge on any atom is 0.321 e. The first-order chi connectivity index (χ1) is 16.4. The summed E-state index contributed by atoms with van der Waals surface area (Å²) in [5.41, 5.74) is 1.93. The number of aromatic nitrogens is 3. The number of hydrogen-bond donors (Lipinski definition) is 2. The van der Waals surface area contributed by atoms with Crippen LogP contribution in [0.5, 0.6) is 11.9 Å². The standard InChI is InChI=1S/C22H19N5O6S/c1-31-20-11-19(25-22(26-20)32-2)27-34(29,30)16-9-7-15(8-10-16)23-12-14(13-28)21-24-17-5-3-4-6-18(17)33-21/h3-13,23H,1-2H3,(H,25,26,27)/b14-12-. The molecule has 0 radical (unpaired) electrons. The van der Waals surface area contributed by atoms with E-state index in [1.165, 1.54) is 38.6 Å². The van der Waals surface area contributed by atoms with Crippen molar-refractivity contribution in [2.24, 2.45) is 0 Å². The van der Waals surface area contributed by atoms with Crippen LogP contribution >= 0.6 is 0 Å². The Morgan fingerprint density at radius 2 is 1.76 bits per heavy atom. The molecular formula is C22H19N5O6S. The molecule has 4 aromatic rings. The van der Waals surface area contributed by atoms with Gasteiger partial charge in [0.1, 0.15) is 5.52 Å². The van der Waals surface area contributed by atoms with Crippen LogP contribution in [-0.4, -0.2) is 43.9 Å². The van der Waals surface area contributed by atoms with Gasteiger partial charge in [-0.25, -0.2) is 13.4 Å². The monoisotopic (exact) mass is 481 g/mol. The second kappa shape index (κ2) is 9.58. The largest absolute Gasteiger partial charge is 0.481 e. The van der Waals surface area contributed by atoms with Crippen molar-refractivity contribution in [1.82, 2.24) is 15.0 Å². The molecule has 0 aliphatic heterocycles. The van der Waals surface area contributed by atoms with Gasteiger partial charge in [0.2, 0.25) is 11.8 Å². The number of anilines is 2. The molecule has 0 amide bonds. The van der Waals surface area contributed by atoms with Gasteiger partial charge in [-0.1, -0.05) is 12.1 Å². The summed E-state index contributed by atoms with van der Waals surface area (Å²) in [5, 5.41) is 2.93. The summed E-state index contributed by atoms with van der Waals surface area (Å²) in [6, 6.07) is 14.3. The Hall–Kier alpha value is -4.45. The van der Waals surface area contributed by atoms with Crippen molar-refractivity contribution < 1.29 is 27.1 Å². The minimum absolute atomic E-state index is 0.00635. The number of nitrogens with one attached hydrogen (secondary N) is 2. The highest BCUT2D eigenvalue weighted by molar-refractivity contribution is 7.92. The fourth-order valence-corrected chi connectivity index (χ4v) is 3.87. The van der Waals surface area contributed by atoms with E-state index in [0.29, 0.717) is 23.1 Å². The molecule has 34 heavy (non-hydrogen) atoms. The van der Waals surface area contributed by atoms with E-state index < -0.39 is 10.0 Å². The van der Waals surface area contributed by atoms with E-state index in [0.717, 1.165) is 0 Å². The highest BCUT2D eigenvalue weighted by Gasteiger charge is 2.17. The average molecular weight is 481 g/mol. The van der Waals surface area contributed by atoms with E-state index in [9.17, 15) is 13.2 Å². The number of carbonyl (C=O) groups excluding carboxylic acids is 1. The van der Waals surface area contributed by atoms with Crippen LogP contribution in [0, 0.1) is 0 Å². The van der Waals surface area contributed by atoms with E-state index in [1.807, 2.05) is 12.1 Å². The number of benzene rings is 2. The molecule has 0 unspecified atom stereocenters. The van der Waals surface area contributed by atoms with E-state index in [2.05, 4.69) is 25.0 Å². The number of oxazole rings is 1. The first-order valence-electron chi connectivity index (χ1n) is 9.79. The number of ether oxygens (including phenoxy) is 2. The smallest absolute Gasteiger partial charge is 0.321 e. The zero-order chi connectivity index (χ0) is 24.1. The lowest BCUT2D eigenvalue weighted by Gasteiger charge is -2.10. The molecular weight excluding hydrogens is 462 g/mol. The number of sulfonamides is 1. The number of nitrogens with zero attached hydrogens (tertiary/aromatic N) is 3. The summed E-state index contributed by atoms with van der Waals surface area (Å²) >= 11 is 0. The molecule has 0 spiro atoms. The number of allylic oxidation sites excluding steroid dienone is 1. The number of carbonyl (C=O) groups is 1. The van der Waals surface area contributed by atoms with Gasteiger partial charge < -0.3 is 19.2 Å². The molecule has 174 valence electrons. The van der Waals surface area contributed by atoms with Crippen LogP contribution in [0.3, 0.4) is 0 Å². The molecule has 0 fully saturated rings. The van der Waals surface area contributed by atoms with Crippen LogP contribution in [-0.2, 0) is 14.8 Å². The van der Waals surface area contributed by atoms with E-state index in [1.54, 1.807) is 24.3 Å². The molecule has 0 aliphatic rings. The lowest BCUT2D eigenvalue weighted by atomic mass is 10.3.